The zero-order chi connectivity index (χ0) is 17.8. The molecule has 2 aromatic rings. The van der Waals surface area contributed by atoms with E-state index >= 15 is 0 Å². The maximum Gasteiger partial charge on any atom is 0.315 e. The van der Waals surface area contributed by atoms with Gasteiger partial charge in [-0.2, -0.15) is 0 Å². The summed E-state index contributed by atoms with van der Waals surface area (Å²) in [6, 6.07) is 7.11. The number of amides is 2. The Kier molecular flexibility index (Phi) is 5.11. The molecule has 0 bridgehead atoms. The molecule has 1 fully saturated rings. The minimum atomic E-state index is -0.587. The molecule has 5 nitrogen and oxygen atoms in total. The number of nitrogens with one attached hydrogen (secondary N) is 2. The van der Waals surface area contributed by atoms with E-state index in [-0.39, 0.29) is 17.8 Å². The summed E-state index contributed by atoms with van der Waals surface area (Å²) in [5, 5.41) is 5.61. The fourth-order valence-corrected chi connectivity index (χ4v) is 2.98. The SMILES string of the molecule is Cc1cccnc1CNC(=O)N[C@H]1CCN(c2c(F)cccc2F)C1. The molecule has 1 aromatic heterocycles. The number of pyridine rings is 1. The fourth-order valence-electron chi connectivity index (χ4n) is 2.98. The van der Waals surface area contributed by atoms with E-state index in [1.165, 1.54) is 18.2 Å². The van der Waals surface area contributed by atoms with Gasteiger partial charge in [-0.05, 0) is 37.1 Å². The van der Waals surface area contributed by atoms with Gasteiger partial charge < -0.3 is 15.5 Å². The average molecular weight is 346 g/mol. The molecule has 0 aliphatic carbocycles. The molecule has 2 heterocycles. The van der Waals surface area contributed by atoms with Crippen LogP contribution in [0.15, 0.2) is 36.5 Å². The molecular formula is C18H20F2N4O. The molecular weight excluding hydrogens is 326 g/mol. The van der Waals surface area contributed by atoms with Crippen molar-refractivity contribution in [1.29, 1.82) is 0 Å². The van der Waals surface area contributed by atoms with Crippen molar-refractivity contribution < 1.29 is 13.6 Å². The number of urea groups is 1. The highest BCUT2D eigenvalue weighted by Crippen LogP contribution is 2.26. The number of carbonyl (C=O) groups excluding carboxylic acids is 1. The van der Waals surface area contributed by atoms with Crippen LogP contribution in [0.3, 0.4) is 0 Å². The number of aromatic nitrogens is 1. The van der Waals surface area contributed by atoms with Crippen molar-refractivity contribution in [2.75, 3.05) is 18.0 Å². The van der Waals surface area contributed by atoms with Crippen LogP contribution in [0.1, 0.15) is 17.7 Å². The zero-order valence-electron chi connectivity index (χ0n) is 13.9. The average Bonchev–Trinajstić information content (AvgIpc) is 3.02. The summed E-state index contributed by atoms with van der Waals surface area (Å²) in [6.07, 6.45) is 2.31. The second-order valence-electron chi connectivity index (χ2n) is 6.10. The monoisotopic (exact) mass is 346 g/mol. The lowest BCUT2D eigenvalue weighted by molar-refractivity contribution is 0.237. The molecule has 1 saturated heterocycles. The second-order valence-corrected chi connectivity index (χ2v) is 6.10. The largest absolute Gasteiger partial charge is 0.365 e. The number of nitrogens with zero attached hydrogens (tertiary/aromatic N) is 2. The van der Waals surface area contributed by atoms with Crippen molar-refractivity contribution in [3.05, 3.63) is 59.4 Å². The van der Waals surface area contributed by atoms with Gasteiger partial charge in [-0.1, -0.05) is 12.1 Å². The molecule has 0 spiro atoms. The van der Waals surface area contributed by atoms with E-state index in [0.29, 0.717) is 26.1 Å². The second kappa shape index (κ2) is 7.46. The Hall–Kier alpha value is -2.70. The van der Waals surface area contributed by atoms with E-state index in [0.717, 1.165) is 11.3 Å². The summed E-state index contributed by atoms with van der Waals surface area (Å²) in [7, 11) is 0. The van der Waals surface area contributed by atoms with E-state index in [2.05, 4.69) is 15.6 Å². The number of para-hydroxylation sites is 1. The molecule has 2 amide bonds. The maximum absolute atomic E-state index is 13.8. The number of aryl methyl sites for hydroxylation is 1. The lowest BCUT2D eigenvalue weighted by Crippen LogP contribution is -2.43. The Labute approximate surface area is 145 Å². The maximum atomic E-state index is 13.8. The summed E-state index contributed by atoms with van der Waals surface area (Å²) in [6.45, 7) is 3.12. The van der Waals surface area contributed by atoms with Gasteiger partial charge in [0.05, 0.1) is 12.2 Å². The normalized spacial score (nSPS) is 16.8. The molecule has 3 rings (SSSR count). The summed E-state index contributed by atoms with van der Waals surface area (Å²) >= 11 is 0. The predicted molar refractivity (Wildman–Crippen MR) is 91.3 cm³/mol. The zero-order valence-corrected chi connectivity index (χ0v) is 13.9. The van der Waals surface area contributed by atoms with Gasteiger partial charge in [0, 0.05) is 25.3 Å². The molecule has 1 aliphatic rings. The van der Waals surface area contributed by atoms with Crippen molar-refractivity contribution in [3.63, 3.8) is 0 Å². The van der Waals surface area contributed by atoms with Crippen molar-refractivity contribution in [2.45, 2.75) is 25.9 Å². The van der Waals surface area contributed by atoms with E-state index in [1.54, 1.807) is 11.1 Å². The van der Waals surface area contributed by atoms with Crippen molar-refractivity contribution in [3.8, 4) is 0 Å². The number of benzene rings is 1. The summed E-state index contributed by atoms with van der Waals surface area (Å²) < 4.78 is 27.7. The Morgan fingerprint density at radius 2 is 2.04 bits per heavy atom. The molecule has 132 valence electrons. The van der Waals surface area contributed by atoms with E-state index in [4.69, 9.17) is 0 Å². The molecule has 2 N–H and O–H groups in total. The molecule has 1 atom stereocenters. The Morgan fingerprint density at radius 1 is 1.28 bits per heavy atom. The Bertz CT molecular complexity index is 748. The van der Waals surface area contributed by atoms with Gasteiger partial charge in [0.25, 0.3) is 0 Å². The van der Waals surface area contributed by atoms with Gasteiger partial charge in [0.1, 0.15) is 17.3 Å². The van der Waals surface area contributed by atoms with Gasteiger partial charge in [-0.15, -0.1) is 0 Å². The number of halogens is 2. The predicted octanol–water partition coefficient (Wildman–Crippen LogP) is 2.75. The minimum Gasteiger partial charge on any atom is -0.365 e. The third kappa shape index (κ3) is 4.04. The van der Waals surface area contributed by atoms with Crippen molar-refractivity contribution >= 4 is 11.7 Å². The van der Waals surface area contributed by atoms with E-state index < -0.39 is 11.6 Å². The van der Waals surface area contributed by atoms with Gasteiger partial charge in [-0.3, -0.25) is 4.98 Å². The molecule has 7 heteroatoms. The van der Waals surface area contributed by atoms with Crippen LogP contribution in [-0.4, -0.2) is 30.1 Å². The van der Waals surface area contributed by atoms with E-state index in [1.807, 2.05) is 19.1 Å². The van der Waals surface area contributed by atoms with Crippen LogP contribution in [0.4, 0.5) is 19.3 Å². The molecule has 1 aliphatic heterocycles. The summed E-state index contributed by atoms with van der Waals surface area (Å²) in [5.74, 6) is -1.17. The van der Waals surface area contributed by atoms with Gasteiger partial charge in [0.15, 0.2) is 0 Å². The molecule has 25 heavy (non-hydrogen) atoms. The lowest BCUT2D eigenvalue weighted by Gasteiger charge is -2.20. The Morgan fingerprint density at radius 3 is 2.76 bits per heavy atom. The number of anilines is 1. The summed E-state index contributed by atoms with van der Waals surface area (Å²) in [4.78, 5) is 17.9. The van der Waals surface area contributed by atoms with Crippen LogP contribution in [-0.2, 0) is 6.54 Å². The fraction of sp³-hybridized carbons (Fsp3) is 0.333. The molecule has 1 aromatic carbocycles. The highest BCUT2D eigenvalue weighted by atomic mass is 19.1. The summed E-state index contributed by atoms with van der Waals surface area (Å²) in [5.41, 5.74) is 1.78. The topological polar surface area (TPSA) is 57.3 Å². The lowest BCUT2D eigenvalue weighted by atomic mass is 10.2. The first kappa shape index (κ1) is 17.1. The molecule has 0 saturated carbocycles. The van der Waals surface area contributed by atoms with E-state index in [9.17, 15) is 13.6 Å². The third-order valence-electron chi connectivity index (χ3n) is 4.31. The van der Waals surface area contributed by atoms with Crippen molar-refractivity contribution in [1.82, 2.24) is 15.6 Å². The van der Waals surface area contributed by atoms with Crippen LogP contribution in [0.25, 0.3) is 0 Å². The quantitative estimate of drug-likeness (QED) is 0.895. The van der Waals surface area contributed by atoms with Crippen molar-refractivity contribution in [2.24, 2.45) is 0 Å². The molecule has 0 unspecified atom stereocenters. The van der Waals surface area contributed by atoms with Gasteiger partial charge in [0.2, 0.25) is 0 Å². The highest BCUT2D eigenvalue weighted by molar-refractivity contribution is 5.74. The number of rotatable bonds is 4. The number of carbonyl (C=O) groups is 1. The molecule has 0 radical (unpaired) electrons. The number of hydrogen-bond donors (Lipinski definition) is 2. The van der Waals surface area contributed by atoms with Gasteiger partial charge in [-0.25, -0.2) is 13.6 Å². The standard InChI is InChI=1S/C18H20F2N4O/c1-12-4-3-8-21-16(12)10-22-18(25)23-13-7-9-24(11-13)17-14(19)5-2-6-15(17)20/h2-6,8,13H,7,9-11H2,1H3,(H2,22,23,25)/t13-/m0/s1. The van der Waals surface area contributed by atoms with Crippen LogP contribution in [0, 0.1) is 18.6 Å². The highest BCUT2D eigenvalue weighted by Gasteiger charge is 2.27. The number of hydrogen-bond acceptors (Lipinski definition) is 3. The van der Waals surface area contributed by atoms with Crippen LogP contribution in [0.2, 0.25) is 0 Å². The first-order valence-corrected chi connectivity index (χ1v) is 8.18. The third-order valence-corrected chi connectivity index (χ3v) is 4.31. The van der Waals surface area contributed by atoms with Gasteiger partial charge >= 0.3 is 6.03 Å². The first-order chi connectivity index (χ1) is 12.0. The smallest absolute Gasteiger partial charge is 0.315 e. The minimum absolute atomic E-state index is 0.0312. The Balaban J connectivity index is 1.53. The van der Waals surface area contributed by atoms with Crippen LogP contribution in [0.5, 0.6) is 0 Å². The van der Waals surface area contributed by atoms with Crippen LogP contribution < -0.4 is 15.5 Å². The van der Waals surface area contributed by atoms with Crippen LogP contribution >= 0.6 is 0 Å². The first-order valence-electron chi connectivity index (χ1n) is 8.18.